The van der Waals surface area contributed by atoms with Crippen LogP contribution in [0.4, 0.5) is 0 Å². The third kappa shape index (κ3) is 3.56. The van der Waals surface area contributed by atoms with Crippen molar-refractivity contribution >= 4 is 0 Å². The number of fused-ring (bicyclic) bond motifs is 4. The van der Waals surface area contributed by atoms with Gasteiger partial charge >= 0.3 is 26.2 Å². The third-order valence-corrected chi connectivity index (χ3v) is 7.21. The maximum atomic E-state index is 2.57. The van der Waals surface area contributed by atoms with Gasteiger partial charge in [0.2, 0.25) is 0 Å². The molecule has 5 rings (SSSR count). The van der Waals surface area contributed by atoms with E-state index in [1.54, 1.807) is 16.7 Å². The van der Waals surface area contributed by atoms with Gasteiger partial charge in [0.1, 0.15) is 0 Å². The van der Waals surface area contributed by atoms with E-state index in [9.17, 15) is 0 Å². The van der Waals surface area contributed by atoms with Crippen LogP contribution in [0.2, 0.25) is 0 Å². The number of benzene rings is 2. The van der Waals surface area contributed by atoms with E-state index in [1.165, 1.54) is 28.7 Å². The van der Waals surface area contributed by atoms with Gasteiger partial charge in [0.25, 0.3) is 0 Å². The molecule has 0 aromatic heterocycles. The Bertz CT molecular complexity index is 986. The van der Waals surface area contributed by atoms with Crippen LogP contribution in [0.3, 0.4) is 0 Å². The minimum absolute atomic E-state index is 0. The average molecular weight is 503 g/mol. The van der Waals surface area contributed by atoms with E-state index < -0.39 is 0 Å². The van der Waals surface area contributed by atoms with E-state index in [0.717, 1.165) is 12.8 Å². The quantitative estimate of drug-likeness (QED) is 0.488. The Morgan fingerprint density at radius 2 is 1.62 bits per heavy atom. The second kappa shape index (κ2) is 8.49. The number of hydrogen-bond acceptors (Lipinski definition) is 0. The molecule has 0 aliphatic heterocycles. The van der Waals surface area contributed by atoms with Crippen LogP contribution in [0.5, 0.6) is 0 Å². The van der Waals surface area contributed by atoms with Crippen molar-refractivity contribution in [3.63, 3.8) is 0 Å². The van der Waals surface area contributed by atoms with Gasteiger partial charge in [-0.1, -0.05) is 93.5 Å². The number of hydrogen-bond donors (Lipinski definition) is 0. The predicted octanol–water partition coefficient (Wildman–Crippen LogP) is 0.844. The summed E-state index contributed by atoms with van der Waals surface area (Å²) < 4.78 is 0. The van der Waals surface area contributed by atoms with Crippen molar-refractivity contribution in [2.24, 2.45) is 11.3 Å². The molecule has 1 saturated carbocycles. The Kier molecular flexibility index (Phi) is 7.22. The van der Waals surface area contributed by atoms with E-state index >= 15 is 0 Å². The molecule has 3 aliphatic carbocycles. The molecule has 0 heterocycles. The molecule has 3 heteroatoms. The summed E-state index contributed by atoms with van der Waals surface area (Å²) >= 11 is 0. The zero-order chi connectivity index (χ0) is 18.1. The van der Waals surface area contributed by atoms with Gasteiger partial charge in [-0.05, 0) is 52.5 Å². The van der Waals surface area contributed by atoms with E-state index in [2.05, 4.69) is 82.3 Å². The first-order valence-electron chi connectivity index (χ1n) is 10.1. The molecule has 29 heavy (non-hydrogen) atoms. The summed E-state index contributed by atoms with van der Waals surface area (Å²) in [6.45, 7) is 9.70. The molecule has 2 aromatic carbocycles. The van der Waals surface area contributed by atoms with Crippen LogP contribution >= 0.6 is 0 Å². The summed E-state index contributed by atoms with van der Waals surface area (Å²) in [7, 11) is 0. The second-order valence-corrected chi connectivity index (χ2v) is 9.32. The first-order chi connectivity index (χ1) is 12.4. The molecule has 0 nitrogen and oxygen atoms in total. The van der Waals surface area contributed by atoms with Gasteiger partial charge < -0.3 is 24.8 Å². The van der Waals surface area contributed by atoms with Gasteiger partial charge in [-0.25, -0.2) is 0 Å². The monoisotopic (exact) mass is 500 g/mol. The maximum absolute atomic E-state index is 2.57. The van der Waals surface area contributed by atoms with Crippen molar-refractivity contribution in [1.82, 2.24) is 0 Å². The fraction of sp³-hybridized carbons (Fsp3) is 0.385. The standard InChI is InChI=1S/C26H28.2ClH.Zr/c1-5-17-13-23-24(14-17)26(4,16-25(23,2)3)22-12-8-11-20-19-10-7-6-9-18(19)15-21(20)22;;;/h6-14,24H,5,15-16H2,1-4H3;2*1H;/q;;;+2/p-2. The van der Waals surface area contributed by atoms with E-state index in [4.69, 9.17) is 0 Å². The molecule has 150 valence electrons. The molecule has 0 amide bonds. The summed E-state index contributed by atoms with van der Waals surface area (Å²) in [5.74, 6) is 0.558. The third-order valence-electron chi connectivity index (χ3n) is 7.21. The Morgan fingerprint density at radius 1 is 0.931 bits per heavy atom. The van der Waals surface area contributed by atoms with Crippen molar-refractivity contribution in [1.29, 1.82) is 0 Å². The smallest absolute Gasteiger partial charge is 1.00 e. The second-order valence-electron chi connectivity index (χ2n) is 9.32. The summed E-state index contributed by atoms with van der Waals surface area (Å²) in [6, 6.07) is 16.0. The summed E-state index contributed by atoms with van der Waals surface area (Å²) in [6.07, 6.45) is 8.55. The van der Waals surface area contributed by atoms with E-state index in [0.29, 0.717) is 5.92 Å². The van der Waals surface area contributed by atoms with Crippen molar-refractivity contribution < 1.29 is 51.0 Å². The Balaban J connectivity index is 0.000001000. The molecule has 2 unspecified atom stereocenters. The summed E-state index contributed by atoms with van der Waals surface area (Å²) in [5.41, 5.74) is 11.2. The van der Waals surface area contributed by atoms with Crippen molar-refractivity contribution in [2.75, 3.05) is 0 Å². The number of halogens is 2. The molecule has 3 aliphatic rings. The van der Waals surface area contributed by atoms with Gasteiger partial charge in [-0.3, -0.25) is 0 Å². The fourth-order valence-corrected chi connectivity index (χ4v) is 6.09. The van der Waals surface area contributed by atoms with Crippen LogP contribution < -0.4 is 24.8 Å². The van der Waals surface area contributed by atoms with Crippen LogP contribution in [0.25, 0.3) is 11.1 Å². The number of allylic oxidation sites excluding steroid dienone is 4. The van der Waals surface area contributed by atoms with Gasteiger partial charge in [-0.2, -0.15) is 0 Å². The molecule has 0 spiro atoms. The molecule has 0 bridgehead atoms. The van der Waals surface area contributed by atoms with Crippen molar-refractivity contribution in [2.45, 2.75) is 52.4 Å². The first kappa shape index (κ1) is 24.7. The fourth-order valence-electron chi connectivity index (χ4n) is 6.09. The van der Waals surface area contributed by atoms with Gasteiger partial charge in [0.05, 0.1) is 0 Å². The zero-order valence-corrected chi connectivity index (χ0v) is 21.6. The largest absolute Gasteiger partial charge is 2.00 e. The first-order valence-corrected chi connectivity index (χ1v) is 10.1. The van der Waals surface area contributed by atoms with Crippen LogP contribution in [-0.2, 0) is 38.0 Å². The van der Waals surface area contributed by atoms with Crippen LogP contribution in [0.15, 0.2) is 65.8 Å². The molecular weight excluding hydrogens is 474 g/mol. The Hall–Kier alpha value is -0.617. The Morgan fingerprint density at radius 3 is 2.34 bits per heavy atom. The molecule has 2 aromatic rings. The molecule has 0 saturated heterocycles. The topological polar surface area (TPSA) is 0 Å². The minimum Gasteiger partial charge on any atom is -1.00 e. The number of rotatable bonds is 2. The van der Waals surface area contributed by atoms with Crippen LogP contribution in [-0.4, -0.2) is 0 Å². The average Bonchev–Trinajstić information content (AvgIpc) is 3.27. The molecule has 0 N–H and O–H groups in total. The minimum atomic E-state index is 0. The van der Waals surface area contributed by atoms with Crippen LogP contribution in [0.1, 0.15) is 57.2 Å². The van der Waals surface area contributed by atoms with E-state index in [1.807, 2.05) is 0 Å². The summed E-state index contributed by atoms with van der Waals surface area (Å²) in [5, 5.41) is 0. The van der Waals surface area contributed by atoms with Gasteiger partial charge in [0, 0.05) is 11.3 Å². The SMILES string of the molecule is CCC1=CC2C(=C1)C(C)(C)CC2(C)c1cccc2c1Cc1ccccc1-2.[Cl-].[Cl-].[Zr+2]. The van der Waals surface area contributed by atoms with Gasteiger partial charge in [-0.15, -0.1) is 0 Å². The van der Waals surface area contributed by atoms with Crippen molar-refractivity contribution in [3.05, 3.63) is 82.5 Å². The Labute approximate surface area is 207 Å². The van der Waals surface area contributed by atoms with Crippen molar-refractivity contribution in [3.8, 4) is 11.1 Å². The van der Waals surface area contributed by atoms with E-state index in [-0.39, 0.29) is 61.8 Å². The predicted molar refractivity (Wildman–Crippen MR) is 110 cm³/mol. The van der Waals surface area contributed by atoms with Crippen LogP contribution in [0, 0.1) is 11.3 Å². The summed E-state index contributed by atoms with van der Waals surface area (Å²) in [4.78, 5) is 0. The zero-order valence-electron chi connectivity index (χ0n) is 17.7. The molecule has 1 fully saturated rings. The maximum Gasteiger partial charge on any atom is 2.00 e. The normalized spacial score (nSPS) is 24.8. The molecule has 0 radical (unpaired) electrons. The molecule has 2 atom stereocenters. The molecular formula is C26H28Cl2Zr. The van der Waals surface area contributed by atoms with Gasteiger partial charge in [0.15, 0.2) is 0 Å².